The minimum atomic E-state index is 0.733. The van der Waals surface area contributed by atoms with Gasteiger partial charge in [0, 0.05) is 6.54 Å². The average Bonchev–Trinajstić information content (AvgIpc) is 2.20. The van der Waals surface area contributed by atoms with Crippen molar-refractivity contribution in [2.75, 3.05) is 20.6 Å². The van der Waals surface area contributed by atoms with Crippen molar-refractivity contribution < 1.29 is 0 Å². The fourth-order valence-corrected chi connectivity index (χ4v) is 1.50. The molecule has 0 radical (unpaired) electrons. The minimum absolute atomic E-state index is 0.733. The van der Waals surface area contributed by atoms with Crippen LogP contribution >= 0.6 is 12.2 Å². The molecule has 1 aromatic carbocycles. The van der Waals surface area contributed by atoms with Crippen LogP contribution in [0, 0.1) is 0 Å². The highest BCUT2D eigenvalue weighted by Gasteiger charge is 1.96. The van der Waals surface area contributed by atoms with Gasteiger partial charge in [-0.1, -0.05) is 24.3 Å². The second-order valence-corrected chi connectivity index (χ2v) is 3.96. The van der Waals surface area contributed by atoms with Crippen molar-refractivity contribution >= 4 is 17.4 Å². The van der Waals surface area contributed by atoms with E-state index >= 15 is 0 Å². The number of rotatable bonds is 5. The second kappa shape index (κ2) is 6.46. The van der Waals surface area contributed by atoms with Gasteiger partial charge in [0.15, 0.2) is 0 Å². The first-order chi connectivity index (χ1) is 7.22. The van der Waals surface area contributed by atoms with Gasteiger partial charge < -0.3 is 4.90 Å². The number of nitrogens with zero attached hydrogens (tertiary/aromatic N) is 2. The molecule has 1 rings (SSSR count). The SMILES string of the molecule is CN(C)Cc1ccc(CCN=C=S)cc1. The molecule has 0 amide bonds. The lowest BCUT2D eigenvalue weighted by molar-refractivity contribution is 0.402. The molecule has 0 unspecified atom stereocenters. The van der Waals surface area contributed by atoms with Gasteiger partial charge in [0.05, 0.1) is 11.7 Å². The summed E-state index contributed by atoms with van der Waals surface area (Å²) in [6.45, 7) is 1.72. The van der Waals surface area contributed by atoms with Gasteiger partial charge in [-0.15, -0.1) is 0 Å². The van der Waals surface area contributed by atoms with Crippen LogP contribution in [0.2, 0.25) is 0 Å². The van der Waals surface area contributed by atoms with Crippen LogP contribution in [0.1, 0.15) is 11.1 Å². The summed E-state index contributed by atoms with van der Waals surface area (Å²) in [5.74, 6) is 0. The molecule has 1 aromatic rings. The molecule has 3 heteroatoms. The largest absolute Gasteiger partial charge is 0.305 e. The Balaban J connectivity index is 2.52. The zero-order chi connectivity index (χ0) is 11.1. The van der Waals surface area contributed by atoms with E-state index in [1.54, 1.807) is 0 Å². The fourth-order valence-electron chi connectivity index (χ4n) is 1.41. The van der Waals surface area contributed by atoms with Gasteiger partial charge in [-0.25, -0.2) is 4.99 Å². The van der Waals surface area contributed by atoms with Gasteiger partial charge in [-0.05, 0) is 43.9 Å². The molecule has 0 heterocycles. The van der Waals surface area contributed by atoms with Crippen molar-refractivity contribution in [1.82, 2.24) is 4.90 Å². The molecule has 80 valence electrons. The molecule has 0 aliphatic carbocycles. The summed E-state index contributed by atoms with van der Waals surface area (Å²) >= 11 is 4.51. The van der Waals surface area contributed by atoms with Crippen LogP contribution in [0.5, 0.6) is 0 Å². The van der Waals surface area contributed by atoms with Crippen molar-refractivity contribution in [3.63, 3.8) is 0 Å². The summed E-state index contributed by atoms with van der Waals surface area (Å²) < 4.78 is 0. The van der Waals surface area contributed by atoms with Crippen LogP contribution in [-0.2, 0) is 13.0 Å². The topological polar surface area (TPSA) is 15.6 Å². The van der Waals surface area contributed by atoms with E-state index in [0.717, 1.165) is 19.5 Å². The number of thiocarbonyl (C=S) groups is 1. The molecule has 0 atom stereocenters. The van der Waals surface area contributed by atoms with Gasteiger partial charge >= 0.3 is 0 Å². The van der Waals surface area contributed by atoms with Crippen LogP contribution in [0.3, 0.4) is 0 Å². The second-order valence-electron chi connectivity index (χ2n) is 3.78. The summed E-state index contributed by atoms with van der Waals surface area (Å²) in [5, 5.41) is 2.38. The van der Waals surface area contributed by atoms with E-state index in [9.17, 15) is 0 Å². The van der Waals surface area contributed by atoms with E-state index in [2.05, 4.69) is 65.6 Å². The van der Waals surface area contributed by atoms with E-state index in [1.165, 1.54) is 11.1 Å². The van der Waals surface area contributed by atoms with Crippen LogP contribution < -0.4 is 0 Å². The first-order valence-electron chi connectivity index (χ1n) is 4.98. The molecule has 15 heavy (non-hydrogen) atoms. The third-order valence-electron chi connectivity index (χ3n) is 2.10. The summed E-state index contributed by atoms with van der Waals surface area (Å²) in [5.41, 5.74) is 2.63. The molecule has 0 aliphatic heterocycles. The zero-order valence-corrected chi connectivity index (χ0v) is 10.0. The van der Waals surface area contributed by atoms with Crippen LogP contribution in [0.25, 0.3) is 0 Å². The van der Waals surface area contributed by atoms with E-state index < -0.39 is 0 Å². The maximum atomic E-state index is 4.51. The van der Waals surface area contributed by atoms with Crippen molar-refractivity contribution in [1.29, 1.82) is 0 Å². The Hall–Kier alpha value is -1.02. The molecule has 0 N–H and O–H groups in total. The van der Waals surface area contributed by atoms with E-state index in [0.29, 0.717) is 0 Å². The normalized spacial score (nSPS) is 10.1. The van der Waals surface area contributed by atoms with Crippen LogP contribution in [0.4, 0.5) is 0 Å². The van der Waals surface area contributed by atoms with Gasteiger partial charge in [0.2, 0.25) is 0 Å². The maximum Gasteiger partial charge on any atom is 0.0585 e. The Kier molecular flexibility index (Phi) is 5.19. The van der Waals surface area contributed by atoms with E-state index in [-0.39, 0.29) is 0 Å². The smallest absolute Gasteiger partial charge is 0.0585 e. The minimum Gasteiger partial charge on any atom is -0.305 e. The molecule has 0 fully saturated rings. The van der Waals surface area contributed by atoms with Gasteiger partial charge in [0.1, 0.15) is 0 Å². The Morgan fingerprint density at radius 2 is 1.80 bits per heavy atom. The van der Waals surface area contributed by atoms with Crippen LogP contribution in [0.15, 0.2) is 29.3 Å². The predicted molar refractivity (Wildman–Crippen MR) is 67.4 cm³/mol. The number of hydrogen-bond acceptors (Lipinski definition) is 3. The molecule has 0 aromatic heterocycles. The molecular formula is C12H16N2S. The van der Waals surface area contributed by atoms with Crippen molar-refractivity contribution in [2.45, 2.75) is 13.0 Å². The number of hydrogen-bond donors (Lipinski definition) is 0. The maximum absolute atomic E-state index is 4.51. The lowest BCUT2D eigenvalue weighted by atomic mass is 10.1. The van der Waals surface area contributed by atoms with Crippen molar-refractivity contribution in [3.8, 4) is 0 Å². The summed E-state index contributed by atoms with van der Waals surface area (Å²) in [6.07, 6.45) is 0.936. The van der Waals surface area contributed by atoms with Gasteiger partial charge in [-0.2, -0.15) is 0 Å². The molecule has 0 bridgehead atoms. The lowest BCUT2D eigenvalue weighted by Crippen LogP contribution is -2.10. The van der Waals surface area contributed by atoms with Gasteiger partial charge in [-0.3, -0.25) is 0 Å². The highest BCUT2D eigenvalue weighted by Crippen LogP contribution is 2.06. The predicted octanol–water partition coefficient (Wildman–Crippen LogP) is 2.39. The molecule has 2 nitrogen and oxygen atoms in total. The first-order valence-corrected chi connectivity index (χ1v) is 5.39. The highest BCUT2D eigenvalue weighted by molar-refractivity contribution is 7.78. The summed E-state index contributed by atoms with van der Waals surface area (Å²) in [6, 6.07) is 8.63. The Morgan fingerprint density at radius 1 is 1.20 bits per heavy atom. The highest BCUT2D eigenvalue weighted by atomic mass is 32.1. The zero-order valence-electron chi connectivity index (χ0n) is 9.23. The lowest BCUT2D eigenvalue weighted by Gasteiger charge is -2.09. The molecule has 0 aliphatic rings. The molecule has 0 saturated heterocycles. The van der Waals surface area contributed by atoms with E-state index in [4.69, 9.17) is 0 Å². The first kappa shape index (κ1) is 12.1. The monoisotopic (exact) mass is 220 g/mol. The molecule has 0 spiro atoms. The number of aliphatic imine (C=N–C) groups is 1. The summed E-state index contributed by atoms with van der Waals surface area (Å²) in [4.78, 5) is 6.05. The third kappa shape index (κ3) is 4.84. The molecular weight excluding hydrogens is 204 g/mol. The Morgan fingerprint density at radius 3 is 2.33 bits per heavy atom. The third-order valence-corrected chi connectivity index (χ3v) is 2.23. The number of benzene rings is 1. The summed E-state index contributed by atoms with van der Waals surface area (Å²) in [7, 11) is 4.14. The van der Waals surface area contributed by atoms with E-state index in [1.807, 2.05) is 0 Å². The quantitative estimate of drug-likeness (QED) is 0.559. The van der Waals surface area contributed by atoms with Crippen LogP contribution in [-0.4, -0.2) is 30.7 Å². The van der Waals surface area contributed by atoms with Crippen molar-refractivity contribution in [2.24, 2.45) is 4.99 Å². The number of isothiocyanates is 1. The fraction of sp³-hybridized carbons (Fsp3) is 0.417. The van der Waals surface area contributed by atoms with Crippen molar-refractivity contribution in [3.05, 3.63) is 35.4 Å². The standard InChI is InChI=1S/C12H16N2S/c1-14(2)9-12-5-3-11(4-6-12)7-8-13-10-15/h3-6H,7-9H2,1-2H3. The van der Waals surface area contributed by atoms with Gasteiger partial charge in [0.25, 0.3) is 0 Å². The average molecular weight is 220 g/mol. The Labute approximate surface area is 96.6 Å². The molecule has 0 saturated carbocycles. The Bertz CT molecular complexity index is 337.